The quantitative estimate of drug-likeness (QED) is 0.417. The Kier molecular flexibility index (Phi) is 6.51. The van der Waals surface area contributed by atoms with Crippen molar-refractivity contribution in [2.45, 2.75) is 13.5 Å². The van der Waals surface area contributed by atoms with Gasteiger partial charge in [-0.15, -0.1) is 0 Å². The van der Waals surface area contributed by atoms with Gasteiger partial charge in [0, 0.05) is 11.8 Å². The van der Waals surface area contributed by atoms with Gasteiger partial charge in [0.05, 0.1) is 31.5 Å². The van der Waals surface area contributed by atoms with Gasteiger partial charge in [0.2, 0.25) is 0 Å². The van der Waals surface area contributed by atoms with Crippen molar-refractivity contribution in [1.29, 1.82) is 0 Å². The van der Waals surface area contributed by atoms with Gasteiger partial charge in [0.15, 0.2) is 0 Å². The van der Waals surface area contributed by atoms with Crippen LogP contribution in [0.25, 0.3) is 11.3 Å². The smallest absolute Gasteiger partial charge is 0.259 e. The van der Waals surface area contributed by atoms with E-state index in [1.54, 1.807) is 18.0 Å². The third-order valence-electron chi connectivity index (χ3n) is 4.97. The monoisotopic (exact) mass is 427 g/mol. The van der Waals surface area contributed by atoms with Gasteiger partial charge in [-0.05, 0) is 36.8 Å². The minimum absolute atomic E-state index is 0.255. The van der Waals surface area contributed by atoms with Crippen LogP contribution in [0.3, 0.4) is 0 Å². The fourth-order valence-corrected chi connectivity index (χ4v) is 3.46. The average molecular weight is 428 g/mol. The number of hydrogen-bond acceptors (Lipinski definition) is 4. The van der Waals surface area contributed by atoms with Crippen molar-refractivity contribution in [3.8, 4) is 22.8 Å². The molecule has 3 aromatic carbocycles. The van der Waals surface area contributed by atoms with E-state index in [0.29, 0.717) is 41.6 Å². The van der Waals surface area contributed by atoms with Crippen LogP contribution in [-0.2, 0) is 6.54 Å². The maximum absolute atomic E-state index is 13.3. The van der Waals surface area contributed by atoms with Crippen molar-refractivity contribution in [2.75, 3.05) is 19.0 Å². The molecule has 0 saturated carbocycles. The molecule has 1 N–H and O–H groups in total. The van der Waals surface area contributed by atoms with Gasteiger partial charge >= 0.3 is 0 Å². The minimum atomic E-state index is -0.255. The maximum Gasteiger partial charge on any atom is 0.259 e. The van der Waals surface area contributed by atoms with Crippen molar-refractivity contribution in [1.82, 2.24) is 9.78 Å². The number of rotatable bonds is 8. The standard InChI is InChI=1S/C26H25N3O3/c1-3-32-24-15-8-7-14-23(24)27-26(30)22-18-29(17-19-10-5-4-6-11-19)28-25(22)20-12-9-13-21(16-20)31-2/h4-16,18H,3,17H2,1-2H3,(H,27,30). The van der Waals surface area contributed by atoms with Crippen LogP contribution in [0.1, 0.15) is 22.8 Å². The van der Waals surface area contributed by atoms with E-state index >= 15 is 0 Å². The first-order chi connectivity index (χ1) is 15.7. The number of methoxy groups -OCH3 is 1. The highest BCUT2D eigenvalue weighted by atomic mass is 16.5. The van der Waals surface area contributed by atoms with Gasteiger partial charge in [-0.2, -0.15) is 5.10 Å². The van der Waals surface area contributed by atoms with E-state index in [0.717, 1.165) is 11.1 Å². The summed E-state index contributed by atoms with van der Waals surface area (Å²) in [4.78, 5) is 13.3. The first-order valence-electron chi connectivity index (χ1n) is 10.5. The predicted octanol–water partition coefficient (Wildman–Crippen LogP) is 5.26. The summed E-state index contributed by atoms with van der Waals surface area (Å²) in [5.74, 6) is 1.07. The number of nitrogens with one attached hydrogen (secondary N) is 1. The van der Waals surface area contributed by atoms with Gasteiger partial charge in [-0.1, -0.05) is 54.6 Å². The summed E-state index contributed by atoms with van der Waals surface area (Å²) < 4.78 is 12.8. The number of amides is 1. The number of carbonyl (C=O) groups excluding carboxylic acids is 1. The van der Waals surface area contributed by atoms with Crippen LogP contribution < -0.4 is 14.8 Å². The lowest BCUT2D eigenvalue weighted by molar-refractivity contribution is 0.102. The van der Waals surface area contributed by atoms with Gasteiger partial charge in [-0.3, -0.25) is 9.48 Å². The van der Waals surface area contributed by atoms with E-state index in [1.165, 1.54) is 0 Å². The first kappa shape index (κ1) is 21.2. The zero-order valence-electron chi connectivity index (χ0n) is 18.1. The Bertz CT molecular complexity index is 1200. The highest BCUT2D eigenvalue weighted by Gasteiger charge is 2.20. The minimum Gasteiger partial charge on any atom is -0.497 e. The molecule has 0 aliphatic carbocycles. The molecule has 4 aromatic rings. The van der Waals surface area contributed by atoms with Crippen molar-refractivity contribution < 1.29 is 14.3 Å². The van der Waals surface area contributed by atoms with Crippen molar-refractivity contribution in [3.05, 3.63) is 96.2 Å². The number of aromatic nitrogens is 2. The number of anilines is 1. The van der Waals surface area contributed by atoms with E-state index in [-0.39, 0.29) is 5.91 Å². The maximum atomic E-state index is 13.3. The molecule has 0 fully saturated rings. The molecule has 0 unspecified atom stereocenters. The predicted molar refractivity (Wildman–Crippen MR) is 125 cm³/mol. The van der Waals surface area contributed by atoms with E-state index in [1.807, 2.05) is 85.8 Å². The fourth-order valence-electron chi connectivity index (χ4n) is 3.46. The molecule has 0 spiro atoms. The summed E-state index contributed by atoms with van der Waals surface area (Å²) in [6.07, 6.45) is 1.78. The molecule has 0 atom stereocenters. The summed E-state index contributed by atoms with van der Waals surface area (Å²) in [6, 6.07) is 24.9. The second-order valence-electron chi connectivity index (χ2n) is 7.19. The molecule has 0 radical (unpaired) electrons. The molecule has 0 bridgehead atoms. The lowest BCUT2D eigenvalue weighted by Gasteiger charge is -2.11. The normalized spacial score (nSPS) is 10.6. The Morgan fingerprint density at radius 3 is 2.56 bits per heavy atom. The summed E-state index contributed by atoms with van der Waals surface area (Å²) in [6.45, 7) is 2.98. The summed E-state index contributed by atoms with van der Waals surface area (Å²) >= 11 is 0. The molecule has 0 saturated heterocycles. The number of hydrogen-bond donors (Lipinski definition) is 1. The van der Waals surface area contributed by atoms with Gasteiger partial charge in [0.1, 0.15) is 17.2 Å². The Balaban J connectivity index is 1.71. The van der Waals surface area contributed by atoms with Crippen molar-refractivity contribution in [2.24, 2.45) is 0 Å². The van der Waals surface area contributed by atoms with Crippen LogP contribution in [0, 0.1) is 0 Å². The Labute approximate surface area is 187 Å². The summed E-state index contributed by atoms with van der Waals surface area (Å²) in [7, 11) is 1.62. The van der Waals surface area contributed by atoms with E-state index < -0.39 is 0 Å². The molecule has 6 nitrogen and oxygen atoms in total. The van der Waals surface area contributed by atoms with Gasteiger partial charge < -0.3 is 14.8 Å². The average Bonchev–Trinajstić information content (AvgIpc) is 3.25. The molecule has 1 heterocycles. The molecule has 0 aliphatic rings. The third-order valence-corrected chi connectivity index (χ3v) is 4.97. The number of nitrogens with zero attached hydrogens (tertiary/aromatic N) is 2. The molecule has 1 aromatic heterocycles. The number of ether oxygens (including phenoxy) is 2. The Morgan fingerprint density at radius 2 is 1.78 bits per heavy atom. The van der Waals surface area contributed by atoms with E-state index in [4.69, 9.17) is 14.6 Å². The van der Waals surface area contributed by atoms with Crippen LogP contribution in [-0.4, -0.2) is 29.4 Å². The van der Waals surface area contributed by atoms with Crippen molar-refractivity contribution >= 4 is 11.6 Å². The van der Waals surface area contributed by atoms with Gasteiger partial charge in [-0.25, -0.2) is 0 Å². The second kappa shape index (κ2) is 9.83. The molecular formula is C26H25N3O3. The summed E-state index contributed by atoms with van der Waals surface area (Å²) in [5.41, 5.74) is 3.58. The molecule has 4 rings (SSSR count). The van der Waals surface area contributed by atoms with Crippen LogP contribution in [0.2, 0.25) is 0 Å². The van der Waals surface area contributed by atoms with Gasteiger partial charge in [0.25, 0.3) is 5.91 Å². The third kappa shape index (κ3) is 4.81. The topological polar surface area (TPSA) is 65.4 Å². The Morgan fingerprint density at radius 1 is 1.00 bits per heavy atom. The zero-order chi connectivity index (χ0) is 22.3. The number of benzene rings is 3. The molecule has 162 valence electrons. The fraction of sp³-hybridized carbons (Fsp3) is 0.154. The molecular weight excluding hydrogens is 402 g/mol. The lowest BCUT2D eigenvalue weighted by Crippen LogP contribution is -2.13. The number of para-hydroxylation sites is 2. The Hall–Kier alpha value is -4.06. The van der Waals surface area contributed by atoms with E-state index in [2.05, 4.69) is 5.32 Å². The zero-order valence-corrected chi connectivity index (χ0v) is 18.1. The lowest BCUT2D eigenvalue weighted by atomic mass is 10.1. The number of carbonyl (C=O) groups is 1. The van der Waals surface area contributed by atoms with Crippen LogP contribution in [0.15, 0.2) is 85.1 Å². The SMILES string of the molecule is CCOc1ccccc1NC(=O)c1cn(Cc2ccccc2)nc1-c1cccc(OC)c1. The molecule has 6 heteroatoms. The van der Waals surface area contributed by atoms with Crippen molar-refractivity contribution in [3.63, 3.8) is 0 Å². The highest BCUT2D eigenvalue weighted by molar-refractivity contribution is 6.08. The molecule has 0 aliphatic heterocycles. The first-order valence-corrected chi connectivity index (χ1v) is 10.5. The molecule has 1 amide bonds. The molecule has 32 heavy (non-hydrogen) atoms. The highest BCUT2D eigenvalue weighted by Crippen LogP contribution is 2.29. The van der Waals surface area contributed by atoms with E-state index in [9.17, 15) is 4.79 Å². The summed E-state index contributed by atoms with van der Waals surface area (Å²) in [5, 5.41) is 7.72. The van der Waals surface area contributed by atoms with Crippen LogP contribution in [0.5, 0.6) is 11.5 Å². The largest absolute Gasteiger partial charge is 0.497 e. The second-order valence-corrected chi connectivity index (χ2v) is 7.19. The van der Waals surface area contributed by atoms with Crippen LogP contribution >= 0.6 is 0 Å². The van der Waals surface area contributed by atoms with Crippen LogP contribution in [0.4, 0.5) is 5.69 Å².